The van der Waals surface area contributed by atoms with Gasteiger partial charge in [-0.25, -0.2) is 15.1 Å². The fraction of sp³-hybridized carbons (Fsp3) is 0.273. The van der Waals surface area contributed by atoms with Crippen molar-refractivity contribution in [2.45, 2.75) is 0 Å². The molecular weight excluding hydrogens is 238 g/mol. The van der Waals surface area contributed by atoms with Gasteiger partial charge in [-0.15, -0.1) is 0 Å². The number of nitrogens with zero attached hydrogens (tertiary/aromatic N) is 3. The maximum Gasteiger partial charge on any atom is 0.185 e. The molecule has 0 amide bonds. The zero-order chi connectivity index (χ0) is 13.1. The molecule has 7 heteroatoms. The first kappa shape index (κ1) is 12.0. The molecule has 18 heavy (non-hydrogen) atoms. The summed E-state index contributed by atoms with van der Waals surface area (Å²) in [7, 11) is 3.06. The van der Waals surface area contributed by atoms with Gasteiger partial charge >= 0.3 is 0 Å². The Balaban J connectivity index is 2.31. The quantitative estimate of drug-likeness (QED) is 0.596. The number of hydrogen-bond acceptors (Lipinski definition) is 5. The Hall–Kier alpha value is -2.44. The van der Waals surface area contributed by atoms with E-state index in [2.05, 4.69) is 0 Å². The Morgan fingerprint density at radius 1 is 1.28 bits per heavy atom. The van der Waals surface area contributed by atoms with E-state index in [1.54, 1.807) is 24.3 Å². The first-order valence-electron chi connectivity index (χ1n) is 5.27. The first-order chi connectivity index (χ1) is 8.67. The summed E-state index contributed by atoms with van der Waals surface area (Å²) < 4.78 is 10.3. The van der Waals surface area contributed by atoms with E-state index < -0.39 is 5.03 Å². The van der Waals surface area contributed by atoms with E-state index in [0.717, 1.165) is 5.12 Å². The van der Waals surface area contributed by atoms with Crippen molar-refractivity contribution in [3.63, 3.8) is 0 Å². The van der Waals surface area contributed by atoms with Gasteiger partial charge in [0.15, 0.2) is 16.5 Å². The molecule has 1 heterocycles. The van der Waals surface area contributed by atoms with Crippen LogP contribution in [0.2, 0.25) is 0 Å². The van der Waals surface area contributed by atoms with E-state index in [1.165, 1.54) is 25.4 Å². The smallest absolute Gasteiger partial charge is 0.185 e. The standard InChI is InChI=1S/C11H13N3O4/c1-17-10-5-4-9(8-11(10)18-2)12-6-3-7-13(12)14(15)16/h3-5,7-8H,6H2,1-2H3. The Morgan fingerprint density at radius 2 is 2.00 bits per heavy atom. The number of anilines is 1. The Bertz CT molecular complexity index is 489. The SMILES string of the molecule is COc1ccc(N2CC=CN2[N+](=O)[O-])cc1OC. The Morgan fingerprint density at radius 3 is 2.61 bits per heavy atom. The van der Waals surface area contributed by atoms with Crippen molar-refractivity contribution in [3.8, 4) is 11.5 Å². The summed E-state index contributed by atoms with van der Waals surface area (Å²) in [5, 5.41) is 12.8. The van der Waals surface area contributed by atoms with Crippen molar-refractivity contribution >= 4 is 5.69 Å². The van der Waals surface area contributed by atoms with Crippen molar-refractivity contribution < 1.29 is 14.5 Å². The van der Waals surface area contributed by atoms with Crippen LogP contribution in [-0.4, -0.2) is 30.9 Å². The molecule has 96 valence electrons. The zero-order valence-corrected chi connectivity index (χ0v) is 10.1. The molecule has 0 aromatic heterocycles. The maximum atomic E-state index is 10.8. The summed E-state index contributed by atoms with van der Waals surface area (Å²) >= 11 is 0. The highest BCUT2D eigenvalue weighted by Gasteiger charge is 2.26. The molecule has 0 saturated carbocycles. The highest BCUT2D eigenvalue weighted by atomic mass is 16.7. The van der Waals surface area contributed by atoms with Crippen molar-refractivity contribution in [3.05, 3.63) is 40.6 Å². The summed E-state index contributed by atoms with van der Waals surface area (Å²) in [6, 6.07) is 5.15. The molecule has 1 aromatic rings. The molecule has 0 aliphatic carbocycles. The van der Waals surface area contributed by atoms with Gasteiger partial charge in [0.2, 0.25) is 0 Å². The number of nitro groups is 1. The average molecular weight is 251 g/mol. The Labute approximate surface area is 104 Å². The van der Waals surface area contributed by atoms with Gasteiger partial charge in [0, 0.05) is 6.07 Å². The van der Waals surface area contributed by atoms with Gasteiger partial charge in [-0.3, -0.25) is 0 Å². The molecule has 0 radical (unpaired) electrons. The summed E-state index contributed by atoms with van der Waals surface area (Å²) in [5.74, 6) is 1.12. The van der Waals surface area contributed by atoms with Gasteiger partial charge in [0.25, 0.3) is 0 Å². The minimum absolute atomic E-state index is 0.441. The molecule has 0 atom stereocenters. The minimum Gasteiger partial charge on any atom is -0.493 e. The number of methoxy groups -OCH3 is 2. The lowest BCUT2D eigenvalue weighted by Crippen LogP contribution is -2.39. The lowest BCUT2D eigenvalue weighted by molar-refractivity contribution is -0.640. The molecule has 1 aliphatic rings. The second kappa shape index (κ2) is 4.82. The molecule has 0 N–H and O–H groups in total. The molecule has 7 nitrogen and oxygen atoms in total. The van der Waals surface area contributed by atoms with Crippen LogP contribution in [0.15, 0.2) is 30.5 Å². The van der Waals surface area contributed by atoms with E-state index >= 15 is 0 Å². The highest BCUT2D eigenvalue weighted by molar-refractivity contribution is 5.56. The van der Waals surface area contributed by atoms with Crippen LogP contribution in [0.25, 0.3) is 0 Å². The second-order valence-corrected chi connectivity index (χ2v) is 3.56. The fourth-order valence-corrected chi connectivity index (χ4v) is 1.76. The highest BCUT2D eigenvalue weighted by Crippen LogP contribution is 2.32. The van der Waals surface area contributed by atoms with Gasteiger partial charge in [-0.1, -0.05) is 0 Å². The summed E-state index contributed by atoms with van der Waals surface area (Å²) in [6.07, 6.45) is 3.12. The van der Waals surface area contributed by atoms with Gasteiger partial charge in [0.05, 0.1) is 32.7 Å². The second-order valence-electron chi connectivity index (χ2n) is 3.56. The van der Waals surface area contributed by atoms with Crippen LogP contribution in [0.5, 0.6) is 11.5 Å². The third kappa shape index (κ3) is 2.02. The van der Waals surface area contributed by atoms with E-state index in [4.69, 9.17) is 9.47 Å². The molecule has 0 bridgehead atoms. The summed E-state index contributed by atoms with van der Waals surface area (Å²) in [6.45, 7) is 0.441. The van der Waals surface area contributed by atoms with E-state index in [-0.39, 0.29) is 0 Å². The third-order valence-corrected chi connectivity index (χ3v) is 2.60. The van der Waals surface area contributed by atoms with Crippen LogP contribution >= 0.6 is 0 Å². The fourth-order valence-electron chi connectivity index (χ4n) is 1.76. The van der Waals surface area contributed by atoms with Gasteiger partial charge in [-0.05, 0) is 23.3 Å². The third-order valence-electron chi connectivity index (χ3n) is 2.60. The average Bonchev–Trinajstić information content (AvgIpc) is 2.87. The van der Waals surface area contributed by atoms with Crippen molar-refractivity contribution in [2.75, 3.05) is 25.8 Å². The Kier molecular flexibility index (Phi) is 3.22. The van der Waals surface area contributed by atoms with Crippen LogP contribution in [-0.2, 0) is 0 Å². The number of hydrogen-bond donors (Lipinski definition) is 0. The van der Waals surface area contributed by atoms with E-state index in [1.807, 2.05) is 0 Å². The lowest BCUT2D eigenvalue weighted by Gasteiger charge is -2.22. The molecule has 0 saturated heterocycles. The number of benzene rings is 1. The molecular formula is C11H13N3O4. The molecule has 1 aliphatic heterocycles. The van der Waals surface area contributed by atoms with Gasteiger partial charge in [0.1, 0.15) is 0 Å². The van der Waals surface area contributed by atoms with Gasteiger partial charge in [-0.2, -0.15) is 0 Å². The van der Waals surface area contributed by atoms with E-state index in [0.29, 0.717) is 23.7 Å². The lowest BCUT2D eigenvalue weighted by atomic mass is 10.2. The first-order valence-corrected chi connectivity index (χ1v) is 5.27. The molecule has 1 aromatic carbocycles. The predicted molar refractivity (Wildman–Crippen MR) is 64.9 cm³/mol. The number of rotatable bonds is 4. The van der Waals surface area contributed by atoms with Crippen LogP contribution in [0.3, 0.4) is 0 Å². The van der Waals surface area contributed by atoms with Crippen LogP contribution in [0.4, 0.5) is 5.69 Å². The normalized spacial score (nSPS) is 13.9. The minimum atomic E-state index is -0.486. The van der Waals surface area contributed by atoms with Crippen molar-refractivity contribution in [1.29, 1.82) is 0 Å². The summed E-state index contributed by atoms with van der Waals surface area (Å²) in [5.41, 5.74) is 0.661. The molecule has 0 spiro atoms. The van der Waals surface area contributed by atoms with Crippen molar-refractivity contribution in [1.82, 2.24) is 5.12 Å². The zero-order valence-electron chi connectivity index (χ0n) is 10.1. The van der Waals surface area contributed by atoms with Crippen LogP contribution in [0, 0.1) is 10.1 Å². The van der Waals surface area contributed by atoms with Gasteiger partial charge < -0.3 is 9.47 Å². The summed E-state index contributed by atoms with van der Waals surface area (Å²) in [4.78, 5) is 10.8. The molecule has 0 unspecified atom stereocenters. The van der Waals surface area contributed by atoms with E-state index in [9.17, 15) is 10.1 Å². The molecule has 2 rings (SSSR count). The number of ether oxygens (including phenoxy) is 2. The van der Waals surface area contributed by atoms with Crippen LogP contribution in [0.1, 0.15) is 0 Å². The number of hydrazine groups is 2. The van der Waals surface area contributed by atoms with Crippen molar-refractivity contribution in [2.24, 2.45) is 0 Å². The topological polar surface area (TPSA) is 68.1 Å². The monoisotopic (exact) mass is 251 g/mol. The predicted octanol–water partition coefficient (Wildman–Crippen LogP) is 1.45. The van der Waals surface area contributed by atoms with Crippen LogP contribution < -0.4 is 14.5 Å². The maximum absolute atomic E-state index is 10.8. The largest absolute Gasteiger partial charge is 0.493 e. The molecule has 0 fully saturated rings.